The van der Waals surface area contributed by atoms with E-state index in [1.807, 2.05) is 13.0 Å². The van der Waals surface area contributed by atoms with Gasteiger partial charge in [0.2, 0.25) is 0 Å². The van der Waals surface area contributed by atoms with Crippen LogP contribution in [0.15, 0.2) is 29.8 Å². The number of nitrogens with zero attached hydrogens (tertiary/aromatic N) is 1. The van der Waals surface area contributed by atoms with E-state index >= 15 is 0 Å². The molecule has 0 unspecified atom stereocenters. The number of benzene rings is 1. The van der Waals surface area contributed by atoms with E-state index in [4.69, 9.17) is 19.5 Å². The van der Waals surface area contributed by atoms with E-state index < -0.39 is 12.1 Å². The minimum Gasteiger partial charge on any atom is -0.494 e. The largest absolute Gasteiger partial charge is 0.494 e. The Hall–Kier alpha value is -2.32. The summed E-state index contributed by atoms with van der Waals surface area (Å²) in [6.45, 7) is 4.47. The van der Waals surface area contributed by atoms with Crippen LogP contribution in [0, 0.1) is 11.3 Å². The van der Waals surface area contributed by atoms with Crippen LogP contribution >= 0.6 is 0 Å². The van der Waals surface area contributed by atoms with Crippen LogP contribution < -0.4 is 4.74 Å². The van der Waals surface area contributed by atoms with Gasteiger partial charge in [0.1, 0.15) is 23.5 Å². The van der Waals surface area contributed by atoms with Crippen molar-refractivity contribution in [2.75, 3.05) is 20.3 Å². The van der Waals surface area contributed by atoms with Crippen molar-refractivity contribution in [1.82, 2.24) is 0 Å². The van der Waals surface area contributed by atoms with Gasteiger partial charge in [-0.2, -0.15) is 5.26 Å². The van der Waals surface area contributed by atoms with E-state index in [-0.39, 0.29) is 12.2 Å². The zero-order chi connectivity index (χ0) is 15.7. The minimum atomic E-state index is -0.657. The molecular formula is C16H19NO4. The molecule has 5 nitrogen and oxygen atoms in total. The maximum absolute atomic E-state index is 11.8. The molecule has 5 heteroatoms. The number of ether oxygens (including phenoxy) is 3. The van der Waals surface area contributed by atoms with Gasteiger partial charge >= 0.3 is 5.97 Å². The Morgan fingerprint density at radius 2 is 2.05 bits per heavy atom. The molecule has 0 saturated heterocycles. The molecule has 0 aromatic heterocycles. The average molecular weight is 289 g/mol. The van der Waals surface area contributed by atoms with Crippen molar-refractivity contribution in [3.05, 3.63) is 35.4 Å². The first-order valence-corrected chi connectivity index (χ1v) is 6.65. The summed E-state index contributed by atoms with van der Waals surface area (Å²) in [5.74, 6) is 0.0837. The zero-order valence-corrected chi connectivity index (χ0v) is 12.5. The first-order valence-electron chi connectivity index (χ1n) is 6.65. The first-order chi connectivity index (χ1) is 10.1. The van der Waals surface area contributed by atoms with Crippen molar-refractivity contribution in [2.24, 2.45) is 0 Å². The molecule has 0 amide bonds. The van der Waals surface area contributed by atoms with Crippen LogP contribution in [0.1, 0.15) is 19.4 Å². The number of nitriles is 1. The molecule has 0 aliphatic rings. The lowest BCUT2D eigenvalue weighted by atomic mass is 10.1. The molecule has 0 aliphatic carbocycles. The number of hydrogen-bond donors (Lipinski definition) is 0. The molecule has 112 valence electrons. The van der Waals surface area contributed by atoms with Crippen LogP contribution in [-0.4, -0.2) is 32.4 Å². The maximum Gasteiger partial charge on any atom is 0.349 e. The number of methoxy groups -OCH3 is 1. The molecule has 21 heavy (non-hydrogen) atoms. The molecule has 0 heterocycles. The van der Waals surface area contributed by atoms with Gasteiger partial charge in [-0.05, 0) is 37.6 Å². The van der Waals surface area contributed by atoms with Crippen LogP contribution in [0.5, 0.6) is 5.75 Å². The van der Waals surface area contributed by atoms with Gasteiger partial charge in [-0.1, -0.05) is 12.1 Å². The van der Waals surface area contributed by atoms with Gasteiger partial charge in [-0.3, -0.25) is 0 Å². The second-order valence-corrected chi connectivity index (χ2v) is 4.34. The highest BCUT2D eigenvalue weighted by Crippen LogP contribution is 2.15. The second kappa shape index (κ2) is 8.77. The van der Waals surface area contributed by atoms with E-state index in [0.717, 1.165) is 11.3 Å². The van der Waals surface area contributed by atoms with E-state index in [1.54, 1.807) is 31.2 Å². The third-order valence-corrected chi connectivity index (χ3v) is 2.55. The van der Waals surface area contributed by atoms with Gasteiger partial charge in [-0.15, -0.1) is 0 Å². The molecule has 0 fully saturated rings. The van der Waals surface area contributed by atoms with Crippen molar-refractivity contribution in [1.29, 1.82) is 5.26 Å². The molecule has 0 radical (unpaired) electrons. The Labute approximate surface area is 124 Å². The van der Waals surface area contributed by atoms with E-state index in [0.29, 0.717) is 6.61 Å². The van der Waals surface area contributed by atoms with Crippen molar-refractivity contribution in [3.8, 4) is 11.8 Å². The summed E-state index contributed by atoms with van der Waals surface area (Å²) in [4.78, 5) is 11.8. The van der Waals surface area contributed by atoms with Gasteiger partial charge in [0.15, 0.2) is 0 Å². The van der Waals surface area contributed by atoms with E-state index in [9.17, 15) is 4.79 Å². The number of carbonyl (C=O) groups excluding carboxylic acids is 1. The molecule has 0 saturated carbocycles. The number of hydrogen-bond acceptors (Lipinski definition) is 5. The third kappa shape index (κ3) is 5.67. The molecule has 1 rings (SSSR count). The van der Waals surface area contributed by atoms with Crippen LogP contribution in [0.25, 0.3) is 6.08 Å². The molecule has 0 N–H and O–H groups in total. The zero-order valence-electron chi connectivity index (χ0n) is 12.5. The summed E-state index contributed by atoms with van der Waals surface area (Å²) >= 11 is 0. The summed E-state index contributed by atoms with van der Waals surface area (Å²) in [6, 6.07) is 8.96. The van der Waals surface area contributed by atoms with Gasteiger partial charge in [-0.25, -0.2) is 4.79 Å². The minimum absolute atomic E-state index is 0.0536. The smallest absolute Gasteiger partial charge is 0.349 e. The summed E-state index contributed by atoms with van der Waals surface area (Å²) in [7, 11) is 1.52. The van der Waals surface area contributed by atoms with Gasteiger partial charge in [0, 0.05) is 7.11 Å². The molecule has 1 aromatic rings. The van der Waals surface area contributed by atoms with E-state index in [2.05, 4.69) is 0 Å². The molecule has 0 aliphatic heterocycles. The van der Waals surface area contributed by atoms with Crippen molar-refractivity contribution >= 4 is 12.0 Å². The SMILES string of the molecule is CCOc1ccc(/C=C(\C#N)C(=O)O[C@H](C)COC)cc1. The normalized spacial score (nSPS) is 12.4. The highest BCUT2D eigenvalue weighted by Gasteiger charge is 2.14. The number of esters is 1. The fourth-order valence-corrected chi connectivity index (χ4v) is 1.65. The highest BCUT2D eigenvalue weighted by molar-refractivity contribution is 5.97. The average Bonchev–Trinajstić information content (AvgIpc) is 2.46. The Kier molecular flexibility index (Phi) is 6.99. The quantitative estimate of drug-likeness (QED) is 0.438. The lowest BCUT2D eigenvalue weighted by Crippen LogP contribution is -2.20. The summed E-state index contributed by atoms with van der Waals surface area (Å²) in [6.07, 6.45) is 1.08. The Bertz CT molecular complexity index is 528. The van der Waals surface area contributed by atoms with Crippen LogP contribution in [-0.2, 0) is 14.3 Å². The maximum atomic E-state index is 11.8. The van der Waals surface area contributed by atoms with Gasteiger partial charge < -0.3 is 14.2 Å². The monoisotopic (exact) mass is 289 g/mol. The molecule has 0 bridgehead atoms. The summed E-state index contributed by atoms with van der Waals surface area (Å²) in [5, 5.41) is 9.06. The van der Waals surface area contributed by atoms with Crippen LogP contribution in [0.4, 0.5) is 0 Å². The fraction of sp³-hybridized carbons (Fsp3) is 0.375. The second-order valence-electron chi connectivity index (χ2n) is 4.34. The number of rotatable bonds is 7. The molecule has 0 spiro atoms. The molecule has 1 aromatic carbocycles. The predicted octanol–water partition coefficient (Wildman–Crippen LogP) is 2.57. The first kappa shape index (κ1) is 16.7. The summed E-state index contributed by atoms with van der Waals surface area (Å²) < 4.78 is 15.3. The topological polar surface area (TPSA) is 68.5 Å². The van der Waals surface area contributed by atoms with Crippen LogP contribution in [0.3, 0.4) is 0 Å². The van der Waals surface area contributed by atoms with Gasteiger partial charge in [0.25, 0.3) is 0 Å². The lowest BCUT2D eigenvalue weighted by molar-refractivity contribution is -0.145. The van der Waals surface area contributed by atoms with Crippen molar-refractivity contribution < 1.29 is 19.0 Å². The van der Waals surface area contributed by atoms with Crippen LogP contribution in [0.2, 0.25) is 0 Å². The number of carbonyl (C=O) groups is 1. The highest BCUT2D eigenvalue weighted by atomic mass is 16.6. The third-order valence-electron chi connectivity index (χ3n) is 2.55. The molecule has 1 atom stereocenters. The molecular weight excluding hydrogens is 270 g/mol. The van der Waals surface area contributed by atoms with E-state index in [1.165, 1.54) is 13.2 Å². The Morgan fingerprint density at radius 3 is 2.57 bits per heavy atom. The fourth-order valence-electron chi connectivity index (χ4n) is 1.65. The van der Waals surface area contributed by atoms with Crippen molar-refractivity contribution in [3.63, 3.8) is 0 Å². The van der Waals surface area contributed by atoms with Crippen molar-refractivity contribution in [2.45, 2.75) is 20.0 Å². The Balaban J connectivity index is 2.79. The van der Waals surface area contributed by atoms with Gasteiger partial charge in [0.05, 0.1) is 13.2 Å². The standard InChI is InChI=1S/C16H19NO4/c1-4-20-15-7-5-13(6-8-15)9-14(10-17)16(18)21-12(2)11-19-3/h5-9,12H,4,11H2,1-3H3/b14-9+/t12-/m1/s1. The Morgan fingerprint density at radius 1 is 1.38 bits per heavy atom. The predicted molar refractivity (Wildman–Crippen MR) is 78.6 cm³/mol. The summed E-state index contributed by atoms with van der Waals surface area (Å²) in [5.41, 5.74) is 0.675. The lowest BCUT2D eigenvalue weighted by Gasteiger charge is -2.11.